The Balaban J connectivity index is 2.15. The molecule has 0 radical (unpaired) electrons. The van der Waals surface area contributed by atoms with Gasteiger partial charge in [0.2, 0.25) is 0 Å². The third-order valence-electron chi connectivity index (χ3n) is 3.06. The molecule has 0 amide bonds. The normalized spacial score (nSPS) is 10.8. The molecule has 0 fully saturated rings. The highest BCUT2D eigenvalue weighted by atomic mass is 19.1. The molecule has 0 aliphatic carbocycles. The Morgan fingerprint density at radius 2 is 1.76 bits per heavy atom. The van der Waals surface area contributed by atoms with Gasteiger partial charge in [0.25, 0.3) is 0 Å². The van der Waals surface area contributed by atoms with Gasteiger partial charge >= 0.3 is 0 Å². The van der Waals surface area contributed by atoms with Crippen molar-refractivity contribution in [1.82, 2.24) is 20.0 Å². The van der Waals surface area contributed by atoms with Crippen LogP contribution in [-0.4, -0.2) is 27.1 Å². The molecule has 2 heterocycles. The van der Waals surface area contributed by atoms with E-state index in [1.165, 1.54) is 12.1 Å². The molecule has 0 atom stereocenters. The Hall–Kier alpha value is -2.60. The van der Waals surface area contributed by atoms with Gasteiger partial charge in [-0.2, -0.15) is 0 Å². The molecule has 0 spiro atoms. The summed E-state index contributed by atoms with van der Waals surface area (Å²) in [5, 5.41) is 8.31. The van der Waals surface area contributed by atoms with Crippen LogP contribution in [0.1, 0.15) is 0 Å². The van der Waals surface area contributed by atoms with Crippen molar-refractivity contribution in [3.8, 4) is 22.5 Å². The van der Waals surface area contributed by atoms with Crippen LogP contribution in [-0.2, 0) is 11.5 Å². The van der Waals surface area contributed by atoms with E-state index in [-0.39, 0.29) is 12.5 Å². The number of benzene rings is 1. The minimum Gasteiger partial charge on any atom is -0.362 e. The predicted molar refractivity (Wildman–Crippen MR) is 75.7 cm³/mol. The van der Waals surface area contributed by atoms with Gasteiger partial charge in [0.1, 0.15) is 18.2 Å². The number of nitrogens with zero attached hydrogens (tertiary/aromatic N) is 4. The van der Waals surface area contributed by atoms with Crippen LogP contribution in [0.4, 0.5) is 4.39 Å². The molecule has 0 saturated heterocycles. The van der Waals surface area contributed by atoms with Gasteiger partial charge in [-0.05, 0) is 36.4 Å². The van der Waals surface area contributed by atoms with Crippen LogP contribution in [0.3, 0.4) is 0 Å². The molecule has 21 heavy (non-hydrogen) atoms. The van der Waals surface area contributed by atoms with Crippen molar-refractivity contribution in [2.24, 2.45) is 0 Å². The van der Waals surface area contributed by atoms with E-state index >= 15 is 0 Å². The topological polar surface area (TPSA) is 52.8 Å². The fourth-order valence-corrected chi connectivity index (χ4v) is 2.12. The molecule has 3 rings (SSSR count). The Kier molecular flexibility index (Phi) is 3.70. The number of methoxy groups -OCH3 is 1. The van der Waals surface area contributed by atoms with E-state index in [4.69, 9.17) is 4.74 Å². The van der Waals surface area contributed by atoms with Crippen molar-refractivity contribution in [2.45, 2.75) is 6.73 Å². The minimum absolute atomic E-state index is 0.284. The Labute approximate surface area is 121 Å². The fourth-order valence-electron chi connectivity index (χ4n) is 2.12. The highest BCUT2D eigenvalue weighted by Gasteiger charge is 2.16. The molecule has 0 saturated carbocycles. The first-order chi connectivity index (χ1) is 10.3. The summed E-state index contributed by atoms with van der Waals surface area (Å²) in [4.78, 5) is 4.01. The van der Waals surface area contributed by atoms with Gasteiger partial charge in [-0.15, -0.1) is 5.10 Å². The zero-order valence-electron chi connectivity index (χ0n) is 11.4. The van der Waals surface area contributed by atoms with Crippen molar-refractivity contribution in [3.05, 3.63) is 54.6 Å². The maximum atomic E-state index is 13.1. The maximum Gasteiger partial charge on any atom is 0.141 e. The third-order valence-corrected chi connectivity index (χ3v) is 3.06. The van der Waals surface area contributed by atoms with E-state index < -0.39 is 0 Å². The lowest BCUT2D eigenvalue weighted by Gasteiger charge is -2.07. The molecular formula is C15H13FN4O. The van der Waals surface area contributed by atoms with Crippen LogP contribution in [0.25, 0.3) is 22.5 Å². The van der Waals surface area contributed by atoms with E-state index in [0.717, 1.165) is 16.8 Å². The highest BCUT2D eigenvalue weighted by Crippen LogP contribution is 2.29. The monoisotopic (exact) mass is 284 g/mol. The molecule has 0 aliphatic rings. The Morgan fingerprint density at radius 3 is 2.43 bits per heavy atom. The van der Waals surface area contributed by atoms with Crippen molar-refractivity contribution in [2.75, 3.05) is 7.11 Å². The second kappa shape index (κ2) is 5.80. The summed E-state index contributed by atoms with van der Waals surface area (Å²) in [6.07, 6.45) is 3.40. The fraction of sp³-hybridized carbons (Fsp3) is 0.133. The summed E-state index contributed by atoms with van der Waals surface area (Å²) < 4.78 is 19.9. The molecule has 6 heteroatoms. The molecular weight excluding hydrogens is 271 g/mol. The van der Waals surface area contributed by atoms with Crippen molar-refractivity contribution in [3.63, 3.8) is 0 Å². The summed E-state index contributed by atoms with van der Waals surface area (Å²) in [5.74, 6) is -0.284. The SMILES string of the molecule is COCn1nnc(-c2ccc(F)cc2)c1-c1ccncc1. The van der Waals surface area contributed by atoms with Gasteiger partial charge in [0, 0.05) is 30.6 Å². The van der Waals surface area contributed by atoms with Crippen molar-refractivity contribution < 1.29 is 9.13 Å². The summed E-state index contributed by atoms with van der Waals surface area (Å²) in [6.45, 7) is 0.284. The summed E-state index contributed by atoms with van der Waals surface area (Å²) in [6, 6.07) is 9.92. The van der Waals surface area contributed by atoms with Gasteiger partial charge in [-0.25, -0.2) is 9.07 Å². The molecule has 2 aromatic heterocycles. The van der Waals surface area contributed by atoms with E-state index in [1.807, 2.05) is 12.1 Å². The smallest absolute Gasteiger partial charge is 0.141 e. The molecule has 0 N–H and O–H groups in total. The zero-order chi connectivity index (χ0) is 14.7. The number of rotatable bonds is 4. The summed E-state index contributed by atoms with van der Waals surface area (Å²) >= 11 is 0. The van der Waals surface area contributed by atoms with E-state index in [9.17, 15) is 4.39 Å². The predicted octanol–water partition coefficient (Wildman–Crippen LogP) is 2.75. The van der Waals surface area contributed by atoms with Gasteiger partial charge in [-0.1, -0.05) is 5.21 Å². The average Bonchev–Trinajstić information content (AvgIpc) is 2.93. The third kappa shape index (κ3) is 2.66. The van der Waals surface area contributed by atoms with Gasteiger partial charge in [-0.3, -0.25) is 4.98 Å². The average molecular weight is 284 g/mol. The first kappa shape index (κ1) is 13.4. The molecule has 0 unspecified atom stereocenters. The van der Waals surface area contributed by atoms with E-state index in [2.05, 4.69) is 15.3 Å². The minimum atomic E-state index is -0.284. The molecule has 5 nitrogen and oxygen atoms in total. The number of halogens is 1. The highest BCUT2D eigenvalue weighted by molar-refractivity contribution is 5.77. The first-order valence-corrected chi connectivity index (χ1v) is 6.38. The van der Waals surface area contributed by atoms with Crippen LogP contribution >= 0.6 is 0 Å². The standard InChI is InChI=1S/C15H13FN4O/c1-21-10-20-15(12-6-8-17-9-7-12)14(18-19-20)11-2-4-13(16)5-3-11/h2-9H,10H2,1H3. The van der Waals surface area contributed by atoms with Crippen LogP contribution in [0.5, 0.6) is 0 Å². The Morgan fingerprint density at radius 1 is 1.05 bits per heavy atom. The first-order valence-electron chi connectivity index (χ1n) is 6.38. The Bertz CT molecular complexity index is 725. The number of hydrogen-bond acceptors (Lipinski definition) is 4. The number of pyridine rings is 1. The largest absolute Gasteiger partial charge is 0.362 e. The number of ether oxygens (including phenoxy) is 1. The van der Waals surface area contributed by atoms with Crippen LogP contribution in [0.2, 0.25) is 0 Å². The van der Waals surface area contributed by atoms with Crippen molar-refractivity contribution in [1.29, 1.82) is 0 Å². The zero-order valence-corrected chi connectivity index (χ0v) is 11.4. The molecule has 3 aromatic rings. The van der Waals surface area contributed by atoms with E-state index in [1.54, 1.807) is 36.3 Å². The van der Waals surface area contributed by atoms with Crippen molar-refractivity contribution >= 4 is 0 Å². The quantitative estimate of drug-likeness (QED) is 0.739. The number of hydrogen-bond donors (Lipinski definition) is 0. The molecule has 0 bridgehead atoms. The lowest BCUT2D eigenvalue weighted by Crippen LogP contribution is -2.04. The summed E-state index contributed by atoms with van der Waals surface area (Å²) in [7, 11) is 1.59. The van der Waals surface area contributed by atoms with Crippen LogP contribution < -0.4 is 0 Å². The van der Waals surface area contributed by atoms with Crippen LogP contribution in [0, 0.1) is 5.82 Å². The lowest BCUT2D eigenvalue weighted by molar-refractivity contribution is 0.120. The van der Waals surface area contributed by atoms with Gasteiger partial charge < -0.3 is 4.74 Å². The van der Waals surface area contributed by atoms with E-state index in [0.29, 0.717) is 5.69 Å². The second-order valence-corrected chi connectivity index (χ2v) is 4.45. The maximum absolute atomic E-state index is 13.1. The summed E-state index contributed by atoms with van der Waals surface area (Å²) in [5.41, 5.74) is 3.21. The molecule has 0 aliphatic heterocycles. The second-order valence-electron chi connectivity index (χ2n) is 4.45. The van der Waals surface area contributed by atoms with Crippen LogP contribution in [0.15, 0.2) is 48.8 Å². The molecule has 1 aromatic carbocycles. The van der Waals surface area contributed by atoms with Gasteiger partial charge in [0.05, 0.1) is 5.69 Å². The van der Waals surface area contributed by atoms with Gasteiger partial charge in [0.15, 0.2) is 0 Å². The number of aromatic nitrogens is 4. The molecule has 106 valence electrons. The lowest BCUT2D eigenvalue weighted by atomic mass is 10.1.